The van der Waals surface area contributed by atoms with Gasteiger partial charge in [0, 0.05) is 9.86 Å². The maximum Gasteiger partial charge on any atom is 0.134 e. The van der Waals surface area contributed by atoms with E-state index < -0.39 is 0 Å². The summed E-state index contributed by atoms with van der Waals surface area (Å²) < 4.78 is 7.05. The van der Waals surface area contributed by atoms with E-state index in [1.54, 1.807) is 0 Å². The lowest BCUT2D eigenvalue weighted by Gasteiger charge is -2.13. The van der Waals surface area contributed by atoms with Crippen LogP contribution in [0.1, 0.15) is 34.1 Å². The van der Waals surface area contributed by atoms with Gasteiger partial charge in [-0.25, -0.2) is 0 Å². The molecule has 2 N–H and O–H groups in total. The van der Waals surface area contributed by atoms with Gasteiger partial charge in [-0.05, 0) is 55.7 Å². The quantitative estimate of drug-likeness (QED) is 0.697. The van der Waals surface area contributed by atoms with E-state index in [0.29, 0.717) is 0 Å². The molecule has 0 saturated heterocycles. The molecule has 3 rings (SSSR count). The summed E-state index contributed by atoms with van der Waals surface area (Å²) in [5.74, 6) is 0.803. The molecule has 3 aromatic rings. The van der Waals surface area contributed by atoms with Gasteiger partial charge < -0.3 is 10.2 Å². The van der Waals surface area contributed by atoms with Crippen LogP contribution in [0.3, 0.4) is 0 Å². The van der Waals surface area contributed by atoms with Crippen molar-refractivity contribution in [1.29, 1.82) is 0 Å². The molecule has 1 unspecified atom stereocenters. The molecule has 2 aromatic carbocycles. The van der Waals surface area contributed by atoms with Crippen LogP contribution in [0.2, 0.25) is 0 Å². The van der Waals surface area contributed by atoms with E-state index in [9.17, 15) is 0 Å². The third kappa shape index (κ3) is 2.63. The van der Waals surface area contributed by atoms with Crippen molar-refractivity contribution in [3.63, 3.8) is 0 Å². The predicted molar refractivity (Wildman–Crippen MR) is 90.6 cm³/mol. The average Bonchev–Trinajstić information content (AvgIpc) is 2.86. The molecule has 21 heavy (non-hydrogen) atoms. The van der Waals surface area contributed by atoms with E-state index in [-0.39, 0.29) is 6.04 Å². The van der Waals surface area contributed by atoms with Crippen molar-refractivity contribution in [3.05, 3.63) is 68.9 Å². The minimum absolute atomic E-state index is 0.247. The summed E-state index contributed by atoms with van der Waals surface area (Å²) in [5.41, 5.74) is 12.0. The summed E-state index contributed by atoms with van der Waals surface area (Å²) in [4.78, 5) is 0. The van der Waals surface area contributed by atoms with Crippen LogP contribution in [0.4, 0.5) is 0 Å². The molecule has 0 aliphatic heterocycles. The standard InChI is InChI=1S/C18H18BrNO/c1-10-4-5-15-13(6-10)9-16(21-15)18(20)14-7-11(2)17(19)12(3)8-14/h4-9,18H,20H2,1-3H3. The fourth-order valence-corrected chi connectivity index (χ4v) is 2.89. The Morgan fingerprint density at radius 2 is 1.67 bits per heavy atom. The second-order valence-corrected chi connectivity index (χ2v) is 6.43. The van der Waals surface area contributed by atoms with Crippen LogP contribution in [0.15, 0.2) is 45.3 Å². The van der Waals surface area contributed by atoms with E-state index >= 15 is 0 Å². The number of fused-ring (bicyclic) bond motifs is 1. The van der Waals surface area contributed by atoms with Gasteiger partial charge in [-0.1, -0.05) is 39.7 Å². The van der Waals surface area contributed by atoms with Gasteiger partial charge in [0.1, 0.15) is 11.3 Å². The van der Waals surface area contributed by atoms with E-state index in [0.717, 1.165) is 26.8 Å². The number of halogens is 1. The maximum absolute atomic E-state index is 6.40. The fourth-order valence-electron chi connectivity index (χ4n) is 2.66. The molecule has 0 aliphatic rings. The number of aryl methyl sites for hydroxylation is 3. The van der Waals surface area contributed by atoms with Gasteiger partial charge in [0.15, 0.2) is 0 Å². The van der Waals surface area contributed by atoms with Crippen LogP contribution in [-0.2, 0) is 0 Å². The van der Waals surface area contributed by atoms with Crippen LogP contribution in [-0.4, -0.2) is 0 Å². The van der Waals surface area contributed by atoms with Gasteiger partial charge in [-0.3, -0.25) is 0 Å². The van der Waals surface area contributed by atoms with Crippen molar-refractivity contribution in [1.82, 2.24) is 0 Å². The summed E-state index contributed by atoms with van der Waals surface area (Å²) in [7, 11) is 0. The first kappa shape index (κ1) is 14.4. The lowest BCUT2D eigenvalue weighted by Crippen LogP contribution is -2.11. The van der Waals surface area contributed by atoms with E-state index in [4.69, 9.17) is 10.2 Å². The zero-order valence-corrected chi connectivity index (χ0v) is 14.0. The molecule has 108 valence electrons. The monoisotopic (exact) mass is 343 g/mol. The molecule has 0 bridgehead atoms. The number of nitrogens with two attached hydrogens (primary N) is 1. The van der Waals surface area contributed by atoms with Gasteiger partial charge in [-0.2, -0.15) is 0 Å². The summed E-state index contributed by atoms with van der Waals surface area (Å²) in [6.07, 6.45) is 0. The second kappa shape index (κ2) is 5.32. The third-order valence-electron chi connectivity index (χ3n) is 3.82. The van der Waals surface area contributed by atoms with Crippen molar-refractivity contribution in [2.24, 2.45) is 5.73 Å². The molecule has 1 aromatic heterocycles. The lowest BCUT2D eigenvalue weighted by molar-refractivity contribution is 0.525. The normalized spacial score (nSPS) is 12.8. The predicted octanol–water partition coefficient (Wildman–Crippen LogP) is 5.17. The Hall–Kier alpha value is -1.58. The van der Waals surface area contributed by atoms with Gasteiger partial charge in [0.2, 0.25) is 0 Å². The molecule has 1 atom stereocenters. The van der Waals surface area contributed by atoms with E-state index in [1.807, 2.05) is 12.1 Å². The Balaban J connectivity index is 2.05. The van der Waals surface area contributed by atoms with E-state index in [1.165, 1.54) is 16.7 Å². The molecule has 2 nitrogen and oxygen atoms in total. The highest BCUT2D eigenvalue weighted by Crippen LogP contribution is 2.30. The molecule has 0 radical (unpaired) electrons. The minimum Gasteiger partial charge on any atom is -0.459 e. The SMILES string of the molecule is Cc1ccc2oc(C(N)c3cc(C)c(Br)c(C)c3)cc2c1. The highest BCUT2D eigenvalue weighted by molar-refractivity contribution is 9.10. The Kier molecular flexibility index (Phi) is 3.64. The fraction of sp³-hybridized carbons (Fsp3) is 0.222. The van der Waals surface area contributed by atoms with Crippen LogP contribution >= 0.6 is 15.9 Å². The molecular weight excluding hydrogens is 326 g/mol. The molecular formula is C18H18BrNO. The number of hydrogen-bond donors (Lipinski definition) is 1. The second-order valence-electron chi connectivity index (χ2n) is 5.64. The zero-order chi connectivity index (χ0) is 15.1. The van der Waals surface area contributed by atoms with Crippen molar-refractivity contribution in [2.75, 3.05) is 0 Å². The average molecular weight is 344 g/mol. The Labute approximate surface area is 133 Å². The molecule has 3 heteroatoms. The van der Waals surface area contributed by atoms with Crippen LogP contribution < -0.4 is 5.73 Å². The van der Waals surface area contributed by atoms with Crippen molar-refractivity contribution in [2.45, 2.75) is 26.8 Å². The van der Waals surface area contributed by atoms with Crippen LogP contribution in [0, 0.1) is 20.8 Å². The molecule has 0 spiro atoms. The number of furan rings is 1. The molecule has 1 heterocycles. The first-order valence-electron chi connectivity index (χ1n) is 6.98. The summed E-state index contributed by atoms with van der Waals surface area (Å²) in [6, 6.07) is 12.2. The summed E-state index contributed by atoms with van der Waals surface area (Å²) in [5, 5.41) is 1.10. The highest BCUT2D eigenvalue weighted by atomic mass is 79.9. The largest absolute Gasteiger partial charge is 0.459 e. The number of benzene rings is 2. The molecule has 0 aliphatic carbocycles. The first-order chi connectivity index (χ1) is 9.95. The van der Waals surface area contributed by atoms with Gasteiger partial charge >= 0.3 is 0 Å². The van der Waals surface area contributed by atoms with Crippen molar-refractivity contribution < 1.29 is 4.42 Å². The Morgan fingerprint density at radius 1 is 1.00 bits per heavy atom. The van der Waals surface area contributed by atoms with Crippen molar-refractivity contribution in [3.8, 4) is 0 Å². The summed E-state index contributed by atoms with van der Waals surface area (Å²) >= 11 is 3.59. The Morgan fingerprint density at radius 3 is 2.33 bits per heavy atom. The summed E-state index contributed by atoms with van der Waals surface area (Å²) in [6.45, 7) is 6.23. The molecule has 0 amide bonds. The van der Waals surface area contributed by atoms with Crippen molar-refractivity contribution >= 4 is 26.9 Å². The molecule has 0 saturated carbocycles. The van der Waals surface area contributed by atoms with Gasteiger partial charge in [0.25, 0.3) is 0 Å². The lowest BCUT2D eigenvalue weighted by atomic mass is 10.00. The Bertz CT molecular complexity index is 796. The van der Waals surface area contributed by atoms with Gasteiger partial charge in [-0.15, -0.1) is 0 Å². The topological polar surface area (TPSA) is 39.2 Å². The number of rotatable bonds is 2. The first-order valence-corrected chi connectivity index (χ1v) is 7.77. The highest BCUT2D eigenvalue weighted by Gasteiger charge is 2.16. The maximum atomic E-state index is 6.40. The molecule has 0 fully saturated rings. The smallest absolute Gasteiger partial charge is 0.134 e. The number of hydrogen-bond acceptors (Lipinski definition) is 2. The van der Waals surface area contributed by atoms with Gasteiger partial charge in [0.05, 0.1) is 6.04 Å². The minimum atomic E-state index is -0.247. The van der Waals surface area contributed by atoms with E-state index in [2.05, 4.69) is 61.0 Å². The zero-order valence-electron chi connectivity index (χ0n) is 12.4. The van der Waals surface area contributed by atoms with Crippen LogP contribution in [0.25, 0.3) is 11.0 Å². The van der Waals surface area contributed by atoms with Crippen LogP contribution in [0.5, 0.6) is 0 Å². The third-order valence-corrected chi connectivity index (χ3v) is 5.07.